The van der Waals surface area contributed by atoms with Gasteiger partial charge in [0.15, 0.2) is 4.84 Å². The predicted octanol–water partition coefficient (Wildman–Crippen LogP) is 8.14. The van der Waals surface area contributed by atoms with Gasteiger partial charge < -0.3 is 34.0 Å². The van der Waals surface area contributed by atoms with E-state index in [1.165, 1.54) is 0 Å². The molecule has 20 nitrogen and oxygen atoms in total. The van der Waals surface area contributed by atoms with E-state index in [4.69, 9.17) is 75.5 Å². The van der Waals surface area contributed by atoms with Crippen LogP contribution in [0, 0.1) is 10.1 Å². The van der Waals surface area contributed by atoms with Crippen LogP contribution in [-0.2, 0) is 52.7 Å². The number of hydrogen-bond acceptors (Lipinski definition) is 13. The third-order valence-electron chi connectivity index (χ3n) is 9.15. The van der Waals surface area contributed by atoms with Gasteiger partial charge in [-0.1, -0.05) is 79.0 Å². The highest BCUT2D eigenvalue weighted by molar-refractivity contribution is 7.89. The van der Waals surface area contributed by atoms with Gasteiger partial charge in [-0.2, -0.15) is 13.2 Å². The van der Waals surface area contributed by atoms with Crippen LogP contribution in [0.3, 0.4) is 0 Å². The molecule has 0 bridgehead atoms. The van der Waals surface area contributed by atoms with Gasteiger partial charge in [-0.05, 0) is 67.3 Å². The lowest BCUT2D eigenvalue weighted by Gasteiger charge is -2.35. The first-order valence-electron chi connectivity index (χ1n) is 20.6. The topological polar surface area (TPSA) is 282 Å². The number of methoxy groups -OCH3 is 1. The Labute approximate surface area is 431 Å². The standard InChI is InChI=1S/C15H10ClF3N2O6S.C14H20ClNO2.C11H11Cl2NO2.C3H8NO5P/c1-28(25,26)20-14(22)10-7-9(3-4-12(10)21(23)24)27-13-5-2-8(6-11(13)16)15(17,18)19;1-4-11-7-6-8-12(5-2)14(11)16(10-18-3)13(17)9-15;1-7-6-16-9-5-3-2-4-8(9)14(7)11(15)10(12)13;5-3(6)1-4-2-10(7,8)9/h2-7H,1H3,(H,20,22);6-8H,4-5,9-10H2,1-3H3;2-5,7,10H,6H2,1H3;4H,1-2H2,(H,5,6)(H2,7,8,9). The molecule has 1 aliphatic heterocycles. The van der Waals surface area contributed by atoms with Crippen LogP contribution in [0.4, 0.5) is 30.2 Å². The molecule has 29 heteroatoms. The van der Waals surface area contributed by atoms with Crippen molar-refractivity contribution in [3.63, 3.8) is 0 Å². The Bertz CT molecular complexity index is 2680. The van der Waals surface area contributed by atoms with Gasteiger partial charge in [0.1, 0.15) is 42.0 Å². The Morgan fingerprint density at radius 3 is 2.11 bits per heavy atom. The molecule has 0 fully saturated rings. The maximum absolute atomic E-state index is 12.7. The monoisotopic (exact) mass is 1140 g/mol. The third-order valence-corrected chi connectivity index (χ3v) is 11.2. The van der Waals surface area contributed by atoms with Crippen LogP contribution < -0.4 is 29.3 Å². The van der Waals surface area contributed by atoms with Crippen molar-refractivity contribution in [1.29, 1.82) is 0 Å². The lowest BCUT2D eigenvalue weighted by molar-refractivity contribution is -0.385. The fraction of sp³-hybridized carbons (Fsp3) is 0.349. The van der Waals surface area contributed by atoms with Crippen molar-refractivity contribution < 1.29 is 79.4 Å². The number of nitrogens with zero attached hydrogens (tertiary/aromatic N) is 3. The number of nitrogens with one attached hydrogen (secondary N) is 2. The Morgan fingerprint density at radius 1 is 1.01 bits per heavy atom. The minimum Gasteiger partial charge on any atom is -0.489 e. The maximum Gasteiger partial charge on any atom is 0.416 e. The number of carbonyl (C=O) groups excluding carboxylic acids is 3. The fourth-order valence-corrected chi connectivity index (χ4v) is 7.53. The lowest BCUT2D eigenvalue weighted by atomic mass is 10.0. The molecule has 5 rings (SSSR count). The molecular formula is C43H49Cl4F3N5O15PS. The Morgan fingerprint density at radius 2 is 1.62 bits per heavy atom. The number of aliphatic carboxylic acids is 1. The smallest absolute Gasteiger partial charge is 0.416 e. The normalized spacial score (nSPS) is 13.0. The number of halogens is 7. The molecule has 0 aromatic heterocycles. The zero-order valence-corrected chi connectivity index (χ0v) is 43.4. The number of amides is 3. The highest BCUT2D eigenvalue weighted by Crippen LogP contribution is 2.38. The highest BCUT2D eigenvalue weighted by atomic mass is 35.5. The van der Waals surface area contributed by atoms with Crippen LogP contribution in [0.2, 0.25) is 5.02 Å². The number of ether oxygens (including phenoxy) is 3. The van der Waals surface area contributed by atoms with Crippen LogP contribution in [0.15, 0.2) is 78.9 Å². The summed E-state index contributed by atoms with van der Waals surface area (Å²) in [7, 11) is -6.52. The molecule has 1 unspecified atom stereocenters. The molecule has 1 atom stereocenters. The summed E-state index contributed by atoms with van der Waals surface area (Å²) >= 11 is 22.7. The zero-order valence-electron chi connectivity index (χ0n) is 38.7. The summed E-state index contributed by atoms with van der Waals surface area (Å²) in [5, 5.41) is 20.7. The Hall–Kier alpha value is -5.27. The molecule has 72 heavy (non-hydrogen) atoms. The number of rotatable bonds is 16. The number of carbonyl (C=O) groups is 4. The van der Waals surface area contributed by atoms with Gasteiger partial charge in [-0.25, -0.2) is 13.1 Å². The van der Waals surface area contributed by atoms with Crippen molar-refractivity contribution >= 4 is 105 Å². The van der Waals surface area contributed by atoms with Gasteiger partial charge in [0.25, 0.3) is 17.5 Å². The first-order valence-corrected chi connectivity index (χ1v) is 26.1. The SMILES string of the molecule is CC1COc2ccccc2N1C(=O)C(Cl)Cl.CCc1cccc(CC)c1N(COC)C(=O)CCl.CS(=O)(=O)NC(=O)c1cc(Oc2ccc(C(F)(F)F)cc2Cl)ccc1[N+](=O)[O-].O=C(O)CNCP(=O)(O)O. The van der Waals surface area contributed by atoms with Crippen molar-refractivity contribution in [2.24, 2.45) is 0 Å². The van der Waals surface area contributed by atoms with Crippen molar-refractivity contribution in [1.82, 2.24) is 10.0 Å². The number of carboxylic acid groups (broad SMARTS) is 1. The Balaban J connectivity index is 0.000000351. The van der Waals surface area contributed by atoms with Crippen molar-refractivity contribution in [3.8, 4) is 17.2 Å². The van der Waals surface area contributed by atoms with Crippen molar-refractivity contribution in [2.45, 2.75) is 50.7 Å². The molecule has 4 aromatic rings. The number of anilines is 2. The van der Waals surface area contributed by atoms with Gasteiger partial charge >= 0.3 is 19.7 Å². The number of fused-ring (bicyclic) bond motifs is 1. The second-order valence-electron chi connectivity index (χ2n) is 14.7. The van der Waals surface area contributed by atoms with E-state index in [0.717, 1.165) is 59.6 Å². The second-order valence-corrected chi connectivity index (χ2v) is 19.8. The summed E-state index contributed by atoms with van der Waals surface area (Å²) < 4.78 is 87.9. The number of carboxylic acids is 1. The van der Waals surface area contributed by atoms with E-state index in [9.17, 15) is 55.4 Å². The number of nitro groups is 1. The third kappa shape index (κ3) is 20.3. The number of sulfonamides is 1. The van der Waals surface area contributed by atoms with Crippen LogP contribution in [0.1, 0.15) is 47.8 Å². The lowest BCUT2D eigenvalue weighted by Crippen LogP contribution is -2.47. The average molecular weight is 1140 g/mol. The quantitative estimate of drug-likeness (QED) is 0.0233. The predicted molar refractivity (Wildman–Crippen MR) is 264 cm³/mol. The minimum atomic E-state index is -4.62. The number of nitro benzene ring substituents is 1. The molecule has 1 aliphatic rings. The molecular weight excluding hydrogens is 1090 g/mol. The van der Waals surface area contributed by atoms with Gasteiger partial charge in [0.2, 0.25) is 15.9 Å². The summed E-state index contributed by atoms with van der Waals surface area (Å²) in [6, 6.07) is 18.5. The van der Waals surface area contributed by atoms with E-state index >= 15 is 0 Å². The average Bonchev–Trinajstić information content (AvgIpc) is 3.29. The van der Waals surface area contributed by atoms with Crippen LogP contribution in [0.5, 0.6) is 17.2 Å². The van der Waals surface area contributed by atoms with Crippen LogP contribution in [-0.4, -0.2) is 108 Å². The summed E-state index contributed by atoms with van der Waals surface area (Å²) in [6.45, 7) is 6.29. The highest BCUT2D eigenvalue weighted by Gasteiger charge is 2.33. The molecule has 396 valence electrons. The van der Waals surface area contributed by atoms with Gasteiger partial charge in [-0.15, -0.1) is 11.6 Å². The fourth-order valence-electron chi connectivity index (χ4n) is 6.10. The van der Waals surface area contributed by atoms with Crippen LogP contribution in [0.25, 0.3) is 0 Å². The molecule has 0 spiro atoms. The van der Waals surface area contributed by atoms with Gasteiger partial charge in [-0.3, -0.25) is 44.1 Å². The maximum atomic E-state index is 12.7. The molecule has 0 aliphatic carbocycles. The first-order chi connectivity index (χ1) is 33.5. The summed E-state index contributed by atoms with van der Waals surface area (Å²) in [5.41, 5.74) is 1.62. The van der Waals surface area contributed by atoms with Crippen LogP contribution >= 0.6 is 54.0 Å². The number of hydrogen-bond donors (Lipinski definition) is 5. The largest absolute Gasteiger partial charge is 0.489 e. The Kier molecular flexibility index (Phi) is 25.2. The number of benzene rings is 4. The van der Waals surface area contributed by atoms with E-state index in [-0.39, 0.29) is 42.0 Å². The van der Waals surface area contributed by atoms with Crippen molar-refractivity contribution in [3.05, 3.63) is 116 Å². The molecule has 4 aromatic carbocycles. The molecule has 5 N–H and O–H groups in total. The van der Waals surface area contributed by atoms with E-state index in [2.05, 4.69) is 19.2 Å². The second kappa shape index (κ2) is 28.8. The van der Waals surface area contributed by atoms with E-state index in [1.54, 1.807) is 21.6 Å². The van der Waals surface area contributed by atoms with Gasteiger partial charge in [0, 0.05) is 19.2 Å². The van der Waals surface area contributed by atoms with Crippen molar-refractivity contribution in [2.75, 3.05) is 55.2 Å². The van der Waals surface area contributed by atoms with E-state index in [1.807, 2.05) is 49.4 Å². The summed E-state index contributed by atoms with van der Waals surface area (Å²) in [5.74, 6) is -2.62. The molecule has 0 saturated carbocycles. The summed E-state index contributed by atoms with van der Waals surface area (Å²) in [4.78, 5) is 74.3. The van der Waals surface area contributed by atoms with E-state index in [0.29, 0.717) is 30.7 Å². The molecule has 0 radical (unpaired) electrons. The first kappa shape index (κ1) is 62.8. The molecule has 1 heterocycles. The van der Waals surface area contributed by atoms with Gasteiger partial charge in [0.05, 0.1) is 52.0 Å². The van der Waals surface area contributed by atoms with E-state index < -0.39 is 80.1 Å². The minimum absolute atomic E-state index is 0.0371. The number of para-hydroxylation sites is 3. The number of alkyl halides is 6. The molecule has 0 saturated heterocycles. The number of aryl methyl sites for hydroxylation is 2. The summed E-state index contributed by atoms with van der Waals surface area (Å²) in [6.07, 6.45) is -2.79. The molecule has 3 amide bonds. The zero-order chi connectivity index (χ0) is 54.7.